The number of hydrogen-bond donors (Lipinski definition) is 0. The fourth-order valence-electron chi connectivity index (χ4n) is 5.83. The zero-order valence-corrected chi connectivity index (χ0v) is 30.3. The van der Waals surface area contributed by atoms with E-state index in [-0.39, 0.29) is 40.9 Å². The molecule has 0 nitrogen and oxygen atoms in total. The van der Waals surface area contributed by atoms with Crippen molar-refractivity contribution in [3.8, 4) is 22.9 Å². The molecule has 0 saturated heterocycles. The van der Waals surface area contributed by atoms with Gasteiger partial charge in [0, 0.05) is 0 Å². The van der Waals surface area contributed by atoms with Gasteiger partial charge in [0.2, 0.25) is 0 Å². The molecule has 0 unspecified atom stereocenters. The minimum absolute atomic E-state index is 0.253. The average Bonchev–Trinajstić information content (AvgIpc) is 3.62. The molecule has 0 aliphatic rings. The van der Waals surface area contributed by atoms with Crippen LogP contribution in [0.15, 0.2) is 44.6 Å². The second-order valence-corrected chi connectivity index (χ2v) is 25.9. The quantitative estimate of drug-likeness (QED) is 0.0922. The minimum atomic E-state index is -1.58. The zero-order valence-electron chi connectivity index (χ0n) is 23.7. The summed E-state index contributed by atoms with van der Waals surface area (Å²) in [6.07, 6.45) is 0. The Morgan fingerprint density at radius 3 is 1.21 bits per heavy atom. The summed E-state index contributed by atoms with van der Waals surface area (Å²) >= 11 is -0.506. The van der Waals surface area contributed by atoms with Crippen molar-refractivity contribution in [2.75, 3.05) is 0 Å². The van der Waals surface area contributed by atoms with Crippen molar-refractivity contribution in [1.82, 2.24) is 0 Å². The molecule has 38 heavy (non-hydrogen) atoms. The molecule has 5 rings (SSSR count). The van der Waals surface area contributed by atoms with Crippen LogP contribution in [0.1, 0.15) is 52.7 Å². The summed E-state index contributed by atoms with van der Waals surface area (Å²) in [7, 11) is -3.16. The summed E-state index contributed by atoms with van der Waals surface area (Å²) in [6.45, 7) is 14.2. The van der Waals surface area contributed by atoms with Gasteiger partial charge in [-0.25, -0.2) is 0 Å². The molecule has 0 aliphatic heterocycles. The SMILES string of the molecule is CC[Si](C#Cc1c2cc3cc[te]c3cc2c(C#C[Si](CC)(CC)CC)c2cc3cc[te]c3cc12)(CC)CC. The van der Waals surface area contributed by atoms with E-state index >= 15 is 0 Å². The van der Waals surface area contributed by atoms with E-state index in [0.717, 1.165) is 0 Å². The molecule has 2 aromatic heterocycles. The van der Waals surface area contributed by atoms with Gasteiger partial charge in [0.15, 0.2) is 0 Å². The molecule has 2 heterocycles. The van der Waals surface area contributed by atoms with E-state index in [9.17, 15) is 0 Å². The topological polar surface area (TPSA) is 0 Å². The zero-order chi connectivity index (χ0) is 26.9. The second kappa shape index (κ2) is 11.7. The van der Waals surface area contributed by atoms with Crippen LogP contribution in [-0.2, 0) is 0 Å². The van der Waals surface area contributed by atoms with Crippen LogP contribution in [0.3, 0.4) is 0 Å². The van der Waals surface area contributed by atoms with E-state index in [1.807, 2.05) is 0 Å². The Bertz CT molecular complexity index is 1520. The van der Waals surface area contributed by atoms with Crippen LogP contribution in [0.25, 0.3) is 39.1 Å². The van der Waals surface area contributed by atoms with Crippen molar-refractivity contribution in [3.05, 3.63) is 55.7 Å². The van der Waals surface area contributed by atoms with Crippen molar-refractivity contribution in [2.45, 2.75) is 77.8 Å². The molecule has 0 spiro atoms. The summed E-state index contributed by atoms with van der Waals surface area (Å²) in [5.74, 6) is 7.79. The molecule has 0 amide bonds. The van der Waals surface area contributed by atoms with Crippen LogP contribution in [0.2, 0.25) is 36.3 Å². The summed E-state index contributed by atoms with van der Waals surface area (Å²) in [5.41, 5.74) is 10.5. The van der Waals surface area contributed by atoms with Gasteiger partial charge in [-0.2, -0.15) is 0 Å². The van der Waals surface area contributed by atoms with Gasteiger partial charge in [-0.05, 0) is 0 Å². The molecule has 0 saturated carbocycles. The average molecular weight is 758 g/mol. The summed E-state index contributed by atoms with van der Waals surface area (Å²) < 4.78 is 7.98. The van der Waals surface area contributed by atoms with Gasteiger partial charge in [-0.3, -0.25) is 0 Å². The Morgan fingerprint density at radius 2 is 0.868 bits per heavy atom. The Kier molecular flexibility index (Phi) is 8.74. The molecule has 5 aromatic rings. The Hall–Kier alpha value is -1.21. The van der Waals surface area contributed by atoms with Gasteiger partial charge < -0.3 is 0 Å². The predicted octanol–water partition coefficient (Wildman–Crippen LogP) is 9.21. The molecule has 0 bridgehead atoms. The summed E-state index contributed by atoms with van der Waals surface area (Å²) in [4.78, 5) is 0. The first-order valence-electron chi connectivity index (χ1n) is 14.3. The van der Waals surface area contributed by atoms with Gasteiger partial charge in [-0.15, -0.1) is 0 Å². The van der Waals surface area contributed by atoms with Gasteiger partial charge in [-0.1, -0.05) is 0 Å². The fourth-order valence-corrected chi connectivity index (χ4v) is 15.3. The van der Waals surface area contributed by atoms with Crippen molar-refractivity contribution >= 4 is 96.1 Å². The fraction of sp³-hybridized carbons (Fsp3) is 0.353. The first-order chi connectivity index (χ1) is 18.5. The normalized spacial score (nSPS) is 12.2. The van der Waals surface area contributed by atoms with Crippen molar-refractivity contribution in [3.63, 3.8) is 0 Å². The van der Waals surface area contributed by atoms with Gasteiger partial charge in [0.25, 0.3) is 0 Å². The predicted molar refractivity (Wildman–Crippen MR) is 178 cm³/mol. The molecule has 4 heteroatoms. The molecule has 0 radical (unpaired) electrons. The van der Waals surface area contributed by atoms with E-state index in [2.05, 4.69) is 109 Å². The first kappa shape index (κ1) is 28.3. The maximum atomic E-state index is 3.97. The number of fused-ring (bicyclic) bond motifs is 4. The van der Waals surface area contributed by atoms with Crippen LogP contribution in [0.5, 0.6) is 0 Å². The molecule has 0 fully saturated rings. The molecule has 194 valence electrons. The molecule has 0 N–H and O–H groups in total. The third-order valence-corrected chi connectivity index (χ3v) is 23.7. The summed E-state index contributed by atoms with van der Waals surface area (Å²) in [6, 6.07) is 22.1. The monoisotopic (exact) mass is 762 g/mol. The number of rotatable bonds is 6. The third-order valence-electron chi connectivity index (χ3n) is 9.23. The third kappa shape index (κ3) is 5.04. The van der Waals surface area contributed by atoms with E-state index in [1.165, 1.54) is 79.7 Å². The van der Waals surface area contributed by atoms with Gasteiger partial charge in [0.1, 0.15) is 0 Å². The van der Waals surface area contributed by atoms with Crippen LogP contribution in [0.4, 0.5) is 0 Å². The molecule has 0 aliphatic carbocycles. The van der Waals surface area contributed by atoms with Crippen LogP contribution >= 0.6 is 0 Å². The molecule has 0 atom stereocenters. The van der Waals surface area contributed by atoms with Crippen molar-refractivity contribution in [1.29, 1.82) is 0 Å². The number of benzene rings is 3. The van der Waals surface area contributed by atoms with E-state index in [0.29, 0.717) is 0 Å². The Balaban J connectivity index is 1.96. The van der Waals surface area contributed by atoms with Crippen LogP contribution in [0, 0.1) is 22.9 Å². The Labute approximate surface area is 250 Å². The molecular weight excluding hydrogens is 720 g/mol. The summed E-state index contributed by atoms with van der Waals surface area (Å²) in [5, 5.41) is 8.21. The molecular formula is C34H38Si2Te2. The standard InChI is InChI=1S/C34H38Si2Te2/c1-7-35(8-2,9-3)17-13-27-29-21-25-15-19-38-34(25)24-32(29)28(14-18-36(10-4,11-5)12-6)30-22-26-16-20-37-33(26)23-31(27)30/h15-16,19-24H,7-12H2,1-6H3. The van der Waals surface area contributed by atoms with Crippen LogP contribution in [-0.4, -0.2) is 57.0 Å². The van der Waals surface area contributed by atoms with Crippen molar-refractivity contribution in [2.24, 2.45) is 0 Å². The van der Waals surface area contributed by atoms with Crippen molar-refractivity contribution < 1.29 is 0 Å². The Morgan fingerprint density at radius 1 is 0.526 bits per heavy atom. The van der Waals surface area contributed by atoms with E-state index < -0.39 is 16.1 Å². The second-order valence-electron chi connectivity index (χ2n) is 10.6. The number of hydrogen-bond acceptors (Lipinski definition) is 0. The van der Waals surface area contributed by atoms with Crippen LogP contribution < -0.4 is 0 Å². The van der Waals surface area contributed by atoms with Gasteiger partial charge >= 0.3 is 253 Å². The first-order valence-corrected chi connectivity index (χ1v) is 24.6. The van der Waals surface area contributed by atoms with E-state index in [1.54, 1.807) is 6.80 Å². The van der Waals surface area contributed by atoms with Gasteiger partial charge in [0.05, 0.1) is 0 Å². The van der Waals surface area contributed by atoms with E-state index in [4.69, 9.17) is 0 Å². The molecule has 3 aromatic carbocycles. The maximum absolute atomic E-state index is 3.97.